The first-order valence-electron chi connectivity index (χ1n) is 7.55. The molecule has 1 nitrogen and oxygen atoms in total. The highest BCUT2D eigenvalue weighted by Gasteiger charge is 2.16. The van der Waals surface area contributed by atoms with Crippen molar-refractivity contribution >= 4 is 0 Å². The lowest BCUT2D eigenvalue weighted by Gasteiger charge is -2.21. The Hall–Kier alpha value is -0.850. The second-order valence-corrected chi connectivity index (χ2v) is 6.70. The molecule has 0 aliphatic heterocycles. The van der Waals surface area contributed by atoms with Gasteiger partial charge in [0.05, 0.1) is 0 Å². The third-order valence-corrected chi connectivity index (χ3v) is 4.04. The molecule has 0 bridgehead atoms. The lowest BCUT2D eigenvalue weighted by molar-refractivity contribution is 0.565. The molecule has 2 rings (SSSR count). The summed E-state index contributed by atoms with van der Waals surface area (Å²) in [7, 11) is 0. The molecule has 0 unspecified atom stereocenters. The highest BCUT2D eigenvalue weighted by atomic mass is 14.7. The molecule has 0 N–H and O–H groups in total. The second-order valence-electron chi connectivity index (χ2n) is 6.70. The van der Waals surface area contributed by atoms with Crippen molar-refractivity contribution in [3.05, 3.63) is 29.1 Å². The van der Waals surface area contributed by atoms with Gasteiger partial charge in [-0.1, -0.05) is 52.5 Å². The monoisotopic (exact) mass is 245 g/mol. The van der Waals surface area contributed by atoms with Crippen LogP contribution in [0.25, 0.3) is 0 Å². The molecule has 0 aromatic carbocycles. The Kier molecular flexibility index (Phi) is 4.42. The van der Waals surface area contributed by atoms with Gasteiger partial charge in [0.25, 0.3) is 0 Å². The van der Waals surface area contributed by atoms with E-state index in [-0.39, 0.29) is 5.41 Å². The number of aromatic nitrogens is 1. The van der Waals surface area contributed by atoms with E-state index < -0.39 is 0 Å². The van der Waals surface area contributed by atoms with Crippen molar-refractivity contribution < 1.29 is 0 Å². The highest BCUT2D eigenvalue weighted by molar-refractivity contribution is 5.29. The van der Waals surface area contributed by atoms with E-state index in [0.717, 1.165) is 0 Å². The standard InChI is InChI=1S/C17H27N/c1-17(2,3)15-12-14-10-8-6-4-5-7-9-11-16(14)18-13-15/h12-13H,4-11H2,1-3H3. The molecule has 18 heavy (non-hydrogen) atoms. The largest absolute Gasteiger partial charge is 0.261 e. The van der Waals surface area contributed by atoms with Gasteiger partial charge in [0.15, 0.2) is 0 Å². The smallest absolute Gasteiger partial charge is 0.0435 e. The van der Waals surface area contributed by atoms with Crippen LogP contribution in [0.3, 0.4) is 0 Å². The molecule has 0 fully saturated rings. The molecule has 0 saturated heterocycles. The van der Waals surface area contributed by atoms with Gasteiger partial charge in [-0.2, -0.15) is 0 Å². The summed E-state index contributed by atoms with van der Waals surface area (Å²) in [4.78, 5) is 4.76. The predicted molar refractivity (Wildman–Crippen MR) is 78.0 cm³/mol. The van der Waals surface area contributed by atoms with Crippen LogP contribution < -0.4 is 0 Å². The fourth-order valence-electron chi connectivity index (χ4n) is 2.71. The van der Waals surface area contributed by atoms with Crippen LogP contribution in [0.1, 0.15) is 76.1 Å². The van der Waals surface area contributed by atoms with Crippen molar-refractivity contribution in [3.8, 4) is 0 Å². The van der Waals surface area contributed by atoms with E-state index in [1.165, 1.54) is 68.2 Å². The maximum Gasteiger partial charge on any atom is 0.0435 e. The van der Waals surface area contributed by atoms with E-state index in [1.54, 1.807) is 0 Å². The van der Waals surface area contributed by atoms with Gasteiger partial charge in [0.1, 0.15) is 0 Å². The van der Waals surface area contributed by atoms with E-state index in [2.05, 4.69) is 33.0 Å². The van der Waals surface area contributed by atoms with Gasteiger partial charge in [0.2, 0.25) is 0 Å². The van der Waals surface area contributed by atoms with Gasteiger partial charge in [-0.3, -0.25) is 4.98 Å². The van der Waals surface area contributed by atoms with E-state index in [4.69, 9.17) is 4.98 Å². The van der Waals surface area contributed by atoms with Gasteiger partial charge in [0, 0.05) is 11.9 Å². The minimum atomic E-state index is 0.220. The average molecular weight is 245 g/mol. The fraction of sp³-hybridized carbons (Fsp3) is 0.706. The summed E-state index contributed by atoms with van der Waals surface area (Å²) in [6.07, 6.45) is 12.8. The Bertz CT molecular complexity index is 387. The molecule has 100 valence electrons. The molecule has 1 aliphatic carbocycles. The first-order chi connectivity index (χ1) is 8.57. The van der Waals surface area contributed by atoms with E-state index >= 15 is 0 Å². The van der Waals surface area contributed by atoms with Crippen LogP contribution in [0.4, 0.5) is 0 Å². The molecular formula is C17H27N. The van der Waals surface area contributed by atoms with Gasteiger partial charge in [-0.15, -0.1) is 0 Å². The van der Waals surface area contributed by atoms with E-state index in [1.807, 2.05) is 0 Å². The number of hydrogen-bond acceptors (Lipinski definition) is 1. The van der Waals surface area contributed by atoms with Crippen LogP contribution in [0.15, 0.2) is 12.3 Å². The Morgan fingerprint density at radius 2 is 1.50 bits per heavy atom. The maximum absolute atomic E-state index is 4.76. The molecule has 0 spiro atoms. The topological polar surface area (TPSA) is 12.9 Å². The normalized spacial score (nSPS) is 18.2. The third-order valence-electron chi connectivity index (χ3n) is 4.04. The van der Waals surface area contributed by atoms with Crippen molar-refractivity contribution in [3.63, 3.8) is 0 Å². The lowest BCUT2D eigenvalue weighted by atomic mass is 9.86. The molecule has 1 aromatic heterocycles. The van der Waals surface area contributed by atoms with Gasteiger partial charge >= 0.3 is 0 Å². The van der Waals surface area contributed by atoms with Crippen molar-refractivity contribution in [1.29, 1.82) is 0 Å². The molecule has 0 atom stereocenters. The van der Waals surface area contributed by atoms with Crippen molar-refractivity contribution in [2.24, 2.45) is 0 Å². The van der Waals surface area contributed by atoms with Gasteiger partial charge < -0.3 is 0 Å². The quantitative estimate of drug-likeness (QED) is 0.638. The summed E-state index contributed by atoms with van der Waals surface area (Å²) >= 11 is 0. The van der Waals surface area contributed by atoms with Gasteiger partial charge in [-0.05, 0) is 42.2 Å². The van der Waals surface area contributed by atoms with Crippen LogP contribution in [-0.4, -0.2) is 4.98 Å². The van der Waals surface area contributed by atoms with E-state index in [9.17, 15) is 0 Å². The zero-order chi connectivity index (χ0) is 13.0. The summed E-state index contributed by atoms with van der Waals surface area (Å²) in [5, 5.41) is 0. The SMILES string of the molecule is CC(C)(C)c1cnc2c(c1)CCCCCCCC2. The molecule has 1 heterocycles. The number of fused-ring (bicyclic) bond motifs is 1. The lowest BCUT2D eigenvalue weighted by Crippen LogP contribution is -2.13. The minimum Gasteiger partial charge on any atom is -0.261 e. The van der Waals surface area contributed by atoms with Crippen LogP contribution in [0.5, 0.6) is 0 Å². The van der Waals surface area contributed by atoms with E-state index in [0.29, 0.717) is 0 Å². The Balaban J connectivity index is 2.24. The predicted octanol–water partition coefficient (Wildman–Crippen LogP) is 4.82. The van der Waals surface area contributed by atoms with Crippen molar-refractivity contribution in [1.82, 2.24) is 4.98 Å². The molecule has 1 aromatic rings. The highest BCUT2D eigenvalue weighted by Crippen LogP contribution is 2.25. The Morgan fingerprint density at radius 1 is 0.889 bits per heavy atom. The first kappa shape index (κ1) is 13.6. The second kappa shape index (κ2) is 5.86. The molecular weight excluding hydrogens is 218 g/mol. The Morgan fingerprint density at radius 3 is 2.17 bits per heavy atom. The molecule has 0 saturated carbocycles. The number of rotatable bonds is 0. The summed E-state index contributed by atoms with van der Waals surface area (Å²) < 4.78 is 0. The zero-order valence-corrected chi connectivity index (χ0v) is 12.3. The maximum atomic E-state index is 4.76. The molecule has 1 heteroatoms. The van der Waals surface area contributed by atoms with Crippen molar-refractivity contribution in [2.45, 2.75) is 77.6 Å². The molecule has 1 aliphatic rings. The molecule has 0 radical (unpaired) electrons. The fourth-order valence-corrected chi connectivity index (χ4v) is 2.71. The Labute approximate surface area is 112 Å². The first-order valence-corrected chi connectivity index (χ1v) is 7.55. The number of hydrogen-bond donors (Lipinski definition) is 0. The molecule has 0 amide bonds. The summed E-state index contributed by atoms with van der Waals surface area (Å²) in [5.74, 6) is 0. The summed E-state index contributed by atoms with van der Waals surface area (Å²) in [6, 6.07) is 2.42. The number of aryl methyl sites for hydroxylation is 2. The van der Waals surface area contributed by atoms with Crippen molar-refractivity contribution in [2.75, 3.05) is 0 Å². The van der Waals surface area contributed by atoms with Crippen LogP contribution in [-0.2, 0) is 18.3 Å². The van der Waals surface area contributed by atoms with Crippen LogP contribution >= 0.6 is 0 Å². The number of pyridine rings is 1. The number of nitrogens with zero attached hydrogens (tertiary/aromatic N) is 1. The minimum absolute atomic E-state index is 0.220. The zero-order valence-electron chi connectivity index (χ0n) is 12.3. The van der Waals surface area contributed by atoms with Gasteiger partial charge in [-0.25, -0.2) is 0 Å². The summed E-state index contributed by atoms with van der Waals surface area (Å²) in [5.41, 5.74) is 4.49. The average Bonchev–Trinajstić information content (AvgIpc) is 2.33. The van der Waals surface area contributed by atoms with Crippen LogP contribution in [0, 0.1) is 0 Å². The van der Waals surface area contributed by atoms with Crippen LogP contribution in [0.2, 0.25) is 0 Å². The summed E-state index contributed by atoms with van der Waals surface area (Å²) in [6.45, 7) is 6.82. The third kappa shape index (κ3) is 3.57.